The standard InChI is InChI=1S/C18H27N5S.HI/c1-18(2)13-22(11-12-24-18)17(19-3)20-9-6-10-23-14-21-15-7-4-5-8-16(15)23;/h4-5,7-8,14H,6,9-13H2,1-3H3,(H,19,20);1H. The molecule has 3 rings (SSSR count). The molecule has 1 aliphatic heterocycles. The average molecular weight is 473 g/mol. The molecule has 1 aliphatic rings. The smallest absolute Gasteiger partial charge is 0.193 e. The minimum Gasteiger partial charge on any atom is -0.356 e. The zero-order valence-electron chi connectivity index (χ0n) is 15.2. The number of aliphatic imine (C=N–C) groups is 1. The number of fused-ring (bicyclic) bond motifs is 1. The van der Waals surface area contributed by atoms with Gasteiger partial charge in [-0.2, -0.15) is 11.8 Å². The molecule has 0 saturated carbocycles. The fourth-order valence-electron chi connectivity index (χ4n) is 3.17. The van der Waals surface area contributed by atoms with E-state index in [4.69, 9.17) is 0 Å². The molecule has 0 spiro atoms. The Kier molecular flexibility index (Phi) is 7.42. The van der Waals surface area contributed by atoms with Crippen LogP contribution in [0.2, 0.25) is 0 Å². The Labute approximate surface area is 171 Å². The van der Waals surface area contributed by atoms with Crippen molar-refractivity contribution in [3.05, 3.63) is 30.6 Å². The molecule has 0 aliphatic carbocycles. The van der Waals surface area contributed by atoms with Crippen molar-refractivity contribution < 1.29 is 0 Å². The Morgan fingerprint density at radius 1 is 1.36 bits per heavy atom. The minimum absolute atomic E-state index is 0. The van der Waals surface area contributed by atoms with Crippen LogP contribution in [0, 0.1) is 0 Å². The molecule has 0 atom stereocenters. The number of halogens is 1. The number of hydrogen-bond acceptors (Lipinski definition) is 3. The monoisotopic (exact) mass is 473 g/mol. The van der Waals surface area contributed by atoms with E-state index < -0.39 is 0 Å². The first-order valence-corrected chi connectivity index (χ1v) is 9.57. The summed E-state index contributed by atoms with van der Waals surface area (Å²) in [6, 6.07) is 8.28. The molecule has 0 bridgehead atoms. The van der Waals surface area contributed by atoms with Crippen molar-refractivity contribution in [1.82, 2.24) is 19.8 Å². The van der Waals surface area contributed by atoms with Crippen LogP contribution >= 0.6 is 35.7 Å². The highest BCUT2D eigenvalue weighted by Gasteiger charge is 2.28. The van der Waals surface area contributed by atoms with Crippen molar-refractivity contribution in [3.8, 4) is 0 Å². The number of para-hydroxylation sites is 2. The average Bonchev–Trinajstić information content (AvgIpc) is 2.97. The topological polar surface area (TPSA) is 45.5 Å². The van der Waals surface area contributed by atoms with Gasteiger partial charge in [-0.3, -0.25) is 4.99 Å². The first kappa shape index (κ1) is 20.4. The quantitative estimate of drug-likeness (QED) is 0.320. The van der Waals surface area contributed by atoms with Crippen LogP contribution in [0.25, 0.3) is 11.0 Å². The summed E-state index contributed by atoms with van der Waals surface area (Å²) >= 11 is 2.04. The van der Waals surface area contributed by atoms with Crippen LogP contribution in [0.4, 0.5) is 0 Å². The van der Waals surface area contributed by atoms with Gasteiger partial charge >= 0.3 is 0 Å². The lowest BCUT2D eigenvalue weighted by atomic mass is 10.2. The van der Waals surface area contributed by atoms with Gasteiger partial charge in [-0.1, -0.05) is 12.1 Å². The number of imidazole rings is 1. The number of thioether (sulfide) groups is 1. The van der Waals surface area contributed by atoms with Crippen molar-refractivity contribution >= 4 is 52.7 Å². The lowest BCUT2D eigenvalue weighted by Crippen LogP contribution is -2.51. The highest BCUT2D eigenvalue weighted by molar-refractivity contribution is 14.0. The third kappa shape index (κ3) is 5.26. The van der Waals surface area contributed by atoms with Crippen molar-refractivity contribution in [2.45, 2.75) is 31.6 Å². The predicted octanol–water partition coefficient (Wildman–Crippen LogP) is 3.45. The summed E-state index contributed by atoms with van der Waals surface area (Å²) in [5.41, 5.74) is 2.27. The first-order valence-electron chi connectivity index (χ1n) is 8.58. The highest BCUT2D eigenvalue weighted by atomic mass is 127. The maximum absolute atomic E-state index is 4.46. The van der Waals surface area contributed by atoms with Crippen LogP contribution in [-0.2, 0) is 6.54 Å². The van der Waals surface area contributed by atoms with Gasteiger partial charge in [-0.15, -0.1) is 24.0 Å². The second-order valence-electron chi connectivity index (χ2n) is 6.78. The molecule has 138 valence electrons. The van der Waals surface area contributed by atoms with Gasteiger partial charge in [-0.05, 0) is 32.4 Å². The third-order valence-corrected chi connectivity index (χ3v) is 5.62. The second-order valence-corrected chi connectivity index (χ2v) is 8.59. The van der Waals surface area contributed by atoms with E-state index in [2.05, 4.69) is 56.8 Å². The summed E-state index contributed by atoms with van der Waals surface area (Å²) in [4.78, 5) is 11.3. The predicted molar refractivity (Wildman–Crippen MR) is 119 cm³/mol. The van der Waals surface area contributed by atoms with Gasteiger partial charge in [0.05, 0.1) is 17.4 Å². The normalized spacial score (nSPS) is 17.4. The SMILES string of the molecule is CN=C(NCCCn1cnc2ccccc21)N1CCSC(C)(C)C1.I. The van der Waals surface area contributed by atoms with Gasteiger partial charge in [0.2, 0.25) is 0 Å². The second kappa shape index (κ2) is 9.12. The van der Waals surface area contributed by atoms with Gasteiger partial charge < -0.3 is 14.8 Å². The van der Waals surface area contributed by atoms with Crippen LogP contribution in [-0.4, -0.2) is 57.6 Å². The van der Waals surface area contributed by atoms with Crippen LogP contribution in [0.1, 0.15) is 20.3 Å². The van der Waals surface area contributed by atoms with Crippen molar-refractivity contribution in [3.63, 3.8) is 0 Å². The molecule has 1 aromatic heterocycles. The fourth-order valence-corrected chi connectivity index (χ4v) is 4.28. The molecule has 2 heterocycles. The minimum atomic E-state index is 0. The van der Waals surface area contributed by atoms with Crippen LogP contribution in [0.5, 0.6) is 0 Å². The Bertz CT molecular complexity index is 712. The molecule has 1 fully saturated rings. The molecule has 0 unspecified atom stereocenters. The molecule has 1 N–H and O–H groups in total. The number of benzene rings is 1. The van der Waals surface area contributed by atoms with E-state index in [1.165, 1.54) is 5.52 Å². The van der Waals surface area contributed by atoms with E-state index in [1.807, 2.05) is 31.2 Å². The largest absolute Gasteiger partial charge is 0.356 e. The lowest BCUT2D eigenvalue weighted by Gasteiger charge is -2.39. The maximum atomic E-state index is 4.46. The van der Waals surface area contributed by atoms with E-state index in [9.17, 15) is 0 Å². The van der Waals surface area contributed by atoms with Crippen LogP contribution in [0.15, 0.2) is 35.6 Å². The van der Waals surface area contributed by atoms with Gasteiger partial charge in [0.15, 0.2) is 5.96 Å². The Morgan fingerprint density at radius 3 is 2.92 bits per heavy atom. The number of aromatic nitrogens is 2. The number of nitrogens with zero attached hydrogens (tertiary/aromatic N) is 4. The van der Waals surface area contributed by atoms with Gasteiger partial charge in [0, 0.05) is 43.7 Å². The van der Waals surface area contributed by atoms with Crippen molar-refractivity contribution in [2.24, 2.45) is 4.99 Å². The van der Waals surface area contributed by atoms with E-state index in [0.29, 0.717) is 4.75 Å². The Balaban J connectivity index is 0.00000225. The van der Waals surface area contributed by atoms with E-state index in [1.54, 1.807) is 0 Å². The molecule has 7 heteroatoms. The fraction of sp³-hybridized carbons (Fsp3) is 0.556. The third-order valence-electron chi connectivity index (χ3n) is 4.32. The van der Waals surface area contributed by atoms with Crippen molar-refractivity contribution in [2.75, 3.05) is 32.4 Å². The van der Waals surface area contributed by atoms with E-state index in [-0.39, 0.29) is 24.0 Å². The number of aryl methyl sites for hydroxylation is 1. The lowest BCUT2D eigenvalue weighted by molar-refractivity contribution is 0.375. The number of guanidine groups is 1. The number of hydrogen-bond donors (Lipinski definition) is 1. The van der Waals surface area contributed by atoms with Crippen LogP contribution < -0.4 is 5.32 Å². The molecule has 2 aromatic rings. The van der Waals surface area contributed by atoms with Gasteiger partial charge in [0.1, 0.15) is 0 Å². The van der Waals surface area contributed by atoms with Gasteiger partial charge in [0.25, 0.3) is 0 Å². The summed E-state index contributed by atoms with van der Waals surface area (Å²) in [5.74, 6) is 2.19. The molecular weight excluding hydrogens is 445 g/mol. The summed E-state index contributed by atoms with van der Waals surface area (Å²) in [6.45, 7) is 8.61. The zero-order valence-corrected chi connectivity index (χ0v) is 18.4. The number of rotatable bonds is 4. The van der Waals surface area contributed by atoms with E-state index >= 15 is 0 Å². The van der Waals surface area contributed by atoms with Gasteiger partial charge in [-0.25, -0.2) is 4.98 Å². The number of nitrogens with one attached hydrogen (secondary N) is 1. The first-order chi connectivity index (χ1) is 11.6. The molecule has 25 heavy (non-hydrogen) atoms. The molecule has 1 saturated heterocycles. The Hall–Kier alpha value is -0.960. The molecular formula is C18H28IN5S. The molecule has 0 radical (unpaired) electrons. The summed E-state index contributed by atoms with van der Waals surface area (Å²) in [7, 11) is 1.88. The maximum Gasteiger partial charge on any atom is 0.193 e. The zero-order chi connectivity index (χ0) is 17.0. The molecule has 1 aromatic carbocycles. The molecule has 0 amide bonds. The summed E-state index contributed by atoms with van der Waals surface area (Å²) in [6.07, 6.45) is 2.98. The van der Waals surface area contributed by atoms with E-state index in [0.717, 1.165) is 49.8 Å². The highest BCUT2D eigenvalue weighted by Crippen LogP contribution is 2.29. The molecule has 5 nitrogen and oxygen atoms in total. The Morgan fingerprint density at radius 2 is 2.16 bits per heavy atom. The summed E-state index contributed by atoms with van der Waals surface area (Å²) in [5, 5.41) is 3.52. The van der Waals surface area contributed by atoms with Crippen LogP contribution in [0.3, 0.4) is 0 Å². The van der Waals surface area contributed by atoms with Crippen molar-refractivity contribution in [1.29, 1.82) is 0 Å². The summed E-state index contributed by atoms with van der Waals surface area (Å²) < 4.78 is 2.52.